The van der Waals surface area contributed by atoms with Crippen LogP contribution in [-0.4, -0.2) is 54.0 Å². The fraction of sp³-hybridized carbons (Fsp3) is 0.423. The summed E-state index contributed by atoms with van der Waals surface area (Å²) in [6, 6.07) is 15.0. The molecule has 34 heavy (non-hydrogen) atoms. The number of rotatable bonds is 13. The molecule has 2 aromatic rings. The number of carbonyl (C=O) groups is 3. The number of amides is 2. The minimum Gasteiger partial charge on any atom is -0.481 e. The fourth-order valence-electron chi connectivity index (χ4n) is 4.24. The molecule has 8 nitrogen and oxygen atoms in total. The van der Waals surface area contributed by atoms with E-state index in [0.717, 1.165) is 47.9 Å². The molecule has 0 radical (unpaired) electrons. The number of alkyl carbamates (subject to hydrolysis) is 1. The number of benzene rings is 2. The molecule has 0 aromatic heterocycles. The van der Waals surface area contributed by atoms with Gasteiger partial charge in [0.1, 0.15) is 12.6 Å². The molecule has 1 atom stereocenters. The van der Waals surface area contributed by atoms with Crippen LogP contribution < -0.4 is 10.6 Å². The predicted octanol–water partition coefficient (Wildman–Crippen LogP) is 3.43. The number of carboxylic acid groups (broad SMARTS) is 1. The van der Waals surface area contributed by atoms with Crippen LogP contribution in [0, 0.1) is 0 Å². The lowest BCUT2D eigenvalue weighted by Gasteiger charge is -2.19. The van der Waals surface area contributed by atoms with Gasteiger partial charge in [-0.3, -0.25) is 9.59 Å². The van der Waals surface area contributed by atoms with Crippen LogP contribution in [0.1, 0.15) is 55.6 Å². The molecule has 1 aliphatic rings. The Kier molecular flexibility index (Phi) is 9.46. The molecule has 2 aromatic carbocycles. The van der Waals surface area contributed by atoms with Crippen LogP contribution >= 0.6 is 0 Å². The molecule has 0 spiro atoms. The molecule has 8 heteroatoms. The Morgan fingerprint density at radius 2 is 1.53 bits per heavy atom. The van der Waals surface area contributed by atoms with Crippen LogP contribution in [0.5, 0.6) is 0 Å². The van der Waals surface area contributed by atoms with Crippen LogP contribution in [0.3, 0.4) is 0 Å². The Morgan fingerprint density at radius 1 is 0.912 bits per heavy atom. The average molecular weight is 469 g/mol. The number of ether oxygens (including phenoxy) is 1. The van der Waals surface area contributed by atoms with Crippen molar-refractivity contribution in [3.63, 3.8) is 0 Å². The molecular weight excluding hydrogens is 436 g/mol. The third-order valence-corrected chi connectivity index (χ3v) is 5.98. The molecule has 3 rings (SSSR count). The van der Waals surface area contributed by atoms with Gasteiger partial charge < -0.3 is 25.6 Å². The Balaban J connectivity index is 1.56. The van der Waals surface area contributed by atoms with E-state index in [2.05, 4.69) is 10.6 Å². The molecule has 0 heterocycles. The van der Waals surface area contributed by atoms with Crippen molar-refractivity contribution in [2.24, 2.45) is 0 Å². The van der Waals surface area contributed by atoms with Gasteiger partial charge in [-0.1, -0.05) is 61.4 Å². The van der Waals surface area contributed by atoms with E-state index in [4.69, 9.17) is 14.9 Å². The Morgan fingerprint density at radius 3 is 2.15 bits per heavy atom. The van der Waals surface area contributed by atoms with E-state index in [0.29, 0.717) is 6.54 Å². The topological polar surface area (TPSA) is 125 Å². The van der Waals surface area contributed by atoms with Crippen molar-refractivity contribution in [1.29, 1.82) is 0 Å². The molecule has 0 fully saturated rings. The van der Waals surface area contributed by atoms with Gasteiger partial charge in [0.05, 0.1) is 0 Å². The molecule has 0 saturated carbocycles. The highest BCUT2D eigenvalue weighted by molar-refractivity contribution is 5.86. The van der Waals surface area contributed by atoms with Crippen LogP contribution in [0.4, 0.5) is 4.79 Å². The van der Waals surface area contributed by atoms with E-state index in [-0.39, 0.29) is 32.0 Å². The second-order valence-electron chi connectivity index (χ2n) is 8.38. The average Bonchev–Trinajstić information content (AvgIpc) is 3.16. The third-order valence-electron chi connectivity index (χ3n) is 5.98. The van der Waals surface area contributed by atoms with Gasteiger partial charge in [-0.15, -0.1) is 0 Å². The number of aliphatic carboxylic acids is 1. The van der Waals surface area contributed by atoms with E-state index >= 15 is 0 Å². The lowest BCUT2D eigenvalue weighted by atomic mass is 9.98. The summed E-state index contributed by atoms with van der Waals surface area (Å²) < 4.78 is 5.50. The Bertz CT molecular complexity index is 947. The highest BCUT2D eigenvalue weighted by Crippen LogP contribution is 2.44. The lowest BCUT2D eigenvalue weighted by molar-refractivity contribution is -0.137. The molecule has 0 saturated heterocycles. The SMILES string of the molecule is O=C(O)CC[C@H](NC(=O)OCC1c2ccccc2-c2ccccc21)C(=O)NCCCCCCO. The minimum atomic E-state index is -1.05. The summed E-state index contributed by atoms with van der Waals surface area (Å²) in [5.74, 6) is -1.59. The number of carbonyl (C=O) groups excluding carboxylic acids is 2. The zero-order valence-corrected chi connectivity index (χ0v) is 19.2. The minimum absolute atomic E-state index is 0.0319. The van der Waals surface area contributed by atoms with E-state index in [9.17, 15) is 14.4 Å². The number of aliphatic hydroxyl groups excluding tert-OH is 1. The van der Waals surface area contributed by atoms with Gasteiger partial charge in [0.25, 0.3) is 0 Å². The summed E-state index contributed by atoms with van der Waals surface area (Å²) in [5, 5.41) is 23.1. The normalized spacial score (nSPS) is 13.0. The number of hydrogen-bond acceptors (Lipinski definition) is 5. The van der Waals surface area contributed by atoms with Gasteiger partial charge in [0.2, 0.25) is 5.91 Å². The maximum absolute atomic E-state index is 12.6. The van der Waals surface area contributed by atoms with Gasteiger partial charge in [-0.2, -0.15) is 0 Å². The number of hydrogen-bond donors (Lipinski definition) is 4. The summed E-state index contributed by atoms with van der Waals surface area (Å²) in [5.41, 5.74) is 4.39. The second kappa shape index (κ2) is 12.7. The first-order valence-corrected chi connectivity index (χ1v) is 11.7. The van der Waals surface area contributed by atoms with Crippen LogP contribution in [0.2, 0.25) is 0 Å². The van der Waals surface area contributed by atoms with Gasteiger partial charge in [-0.25, -0.2) is 4.79 Å². The van der Waals surface area contributed by atoms with Gasteiger partial charge in [0.15, 0.2) is 0 Å². The van der Waals surface area contributed by atoms with Gasteiger partial charge in [0, 0.05) is 25.5 Å². The quantitative estimate of drug-likeness (QED) is 0.334. The largest absolute Gasteiger partial charge is 0.481 e. The lowest BCUT2D eigenvalue weighted by Crippen LogP contribution is -2.47. The summed E-state index contributed by atoms with van der Waals surface area (Å²) in [4.78, 5) is 36.1. The van der Waals surface area contributed by atoms with Crippen molar-refractivity contribution >= 4 is 18.0 Å². The first kappa shape index (κ1) is 25.2. The second-order valence-corrected chi connectivity index (χ2v) is 8.38. The standard InChI is InChI=1S/C26H32N2O6/c29-16-8-2-1-7-15-27-25(32)23(13-14-24(30)31)28-26(33)34-17-22-20-11-5-3-9-18(20)19-10-4-6-12-21(19)22/h3-6,9-12,22-23,29H,1-2,7-8,13-17H2,(H,27,32)(H,28,33)(H,30,31)/t23-/m0/s1. The van der Waals surface area contributed by atoms with Crippen molar-refractivity contribution < 1.29 is 29.3 Å². The first-order chi connectivity index (χ1) is 16.5. The molecule has 4 N–H and O–H groups in total. The smallest absolute Gasteiger partial charge is 0.407 e. The van der Waals surface area contributed by atoms with E-state index in [1.165, 1.54) is 0 Å². The zero-order valence-electron chi connectivity index (χ0n) is 19.2. The molecule has 0 unspecified atom stereocenters. The van der Waals surface area contributed by atoms with E-state index in [1.807, 2.05) is 48.5 Å². The van der Waals surface area contributed by atoms with Crippen molar-refractivity contribution in [2.45, 2.75) is 50.5 Å². The van der Waals surface area contributed by atoms with Crippen molar-refractivity contribution in [1.82, 2.24) is 10.6 Å². The Hall–Kier alpha value is -3.39. The third kappa shape index (κ3) is 6.81. The Labute approximate surface area is 199 Å². The predicted molar refractivity (Wildman–Crippen MR) is 127 cm³/mol. The summed E-state index contributed by atoms with van der Waals surface area (Å²) in [6.45, 7) is 0.672. The molecule has 182 valence electrons. The summed E-state index contributed by atoms with van der Waals surface area (Å²) in [6.07, 6.45) is 2.15. The number of aliphatic hydroxyl groups is 1. The number of unbranched alkanes of at least 4 members (excludes halogenated alkanes) is 3. The van der Waals surface area contributed by atoms with Crippen LogP contribution in [0.15, 0.2) is 48.5 Å². The van der Waals surface area contributed by atoms with E-state index in [1.54, 1.807) is 0 Å². The molecule has 2 amide bonds. The van der Waals surface area contributed by atoms with E-state index < -0.39 is 24.0 Å². The first-order valence-electron chi connectivity index (χ1n) is 11.7. The summed E-state index contributed by atoms with van der Waals surface area (Å²) >= 11 is 0. The summed E-state index contributed by atoms with van der Waals surface area (Å²) in [7, 11) is 0. The van der Waals surface area contributed by atoms with Crippen LogP contribution in [0.25, 0.3) is 11.1 Å². The van der Waals surface area contributed by atoms with Crippen LogP contribution in [-0.2, 0) is 14.3 Å². The molecule has 0 bridgehead atoms. The molecule has 0 aliphatic heterocycles. The molecule has 1 aliphatic carbocycles. The number of carboxylic acids is 1. The monoisotopic (exact) mass is 468 g/mol. The maximum Gasteiger partial charge on any atom is 0.407 e. The van der Waals surface area contributed by atoms with Gasteiger partial charge in [-0.05, 0) is 41.5 Å². The van der Waals surface area contributed by atoms with Crippen molar-refractivity contribution in [3.05, 3.63) is 59.7 Å². The highest BCUT2D eigenvalue weighted by atomic mass is 16.5. The fourth-order valence-corrected chi connectivity index (χ4v) is 4.24. The van der Waals surface area contributed by atoms with Crippen molar-refractivity contribution in [2.75, 3.05) is 19.8 Å². The maximum atomic E-state index is 12.6. The highest BCUT2D eigenvalue weighted by Gasteiger charge is 2.29. The molecular formula is C26H32N2O6. The zero-order chi connectivity index (χ0) is 24.3. The van der Waals surface area contributed by atoms with Crippen molar-refractivity contribution in [3.8, 4) is 11.1 Å². The number of nitrogens with one attached hydrogen (secondary N) is 2. The number of fused-ring (bicyclic) bond motifs is 3. The van der Waals surface area contributed by atoms with Gasteiger partial charge >= 0.3 is 12.1 Å².